The molecule has 0 bridgehead atoms. The first-order valence-electron chi connectivity index (χ1n) is 10.6. The summed E-state index contributed by atoms with van der Waals surface area (Å²) in [4.78, 5) is 16.9. The standard InChI is InChI=1S/C23H34N4O4S/c1-26(14-9-15-28)18-22(19-10-5-4-6-11-19)27(2)23(29)17-24-21-13-8-7-12-20(21)16-25-32(3,30)31/h4-8,10-13,22,24-25,28H,9,14-18H2,1-3H3. The van der Waals surface area contributed by atoms with Gasteiger partial charge in [0.1, 0.15) is 0 Å². The van der Waals surface area contributed by atoms with E-state index in [-0.39, 0.29) is 31.6 Å². The Hall–Kier alpha value is -2.46. The number of likely N-dealkylation sites (N-methyl/N-ethyl adjacent to an activating group) is 2. The normalized spacial score (nSPS) is 12.5. The van der Waals surface area contributed by atoms with E-state index in [0.717, 1.165) is 23.9 Å². The van der Waals surface area contributed by atoms with Gasteiger partial charge in [-0.15, -0.1) is 0 Å². The highest BCUT2D eigenvalue weighted by Gasteiger charge is 2.23. The van der Waals surface area contributed by atoms with Gasteiger partial charge in [0.2, 0.25) is 15.9 Å². The molecule has 0 saturated heterocycles. The van der Waals surface area contributed by atoms with Crippen LogP contribution in [0.2, 0.25) is 0 Å². The van der Waals surface area contributed by atoms with E-state index < -0.39 is 10.0 Å². The second-order valence-corrected chi connectivity index (χ2v) is 9.71. The van der Waals surface area contributed by atoms with Gasteiger partial charge in [-0.2, -0.15) is 0 Å². The number of aliphatic hydroxyl groups is 1. The smallest absolute Gasteiger partial charge is 0.242 e. The number of hydrogen-bond acceptors (Lipinski definition) is 6. The van der Waals surface area contributed by atoms with Gasteiger partial charge in [0.15, 0.2) is 0 Å². The molecule has 1 amide bonds. The number of sulfonamides is 1. The topological polar surface area (TPSA) is 102 Å². The van der Waals surface area contributed by atoms with Crippen LogP contribution in [-0.2, 0) is 21.4 Å². The van der Waals surface area contributed by atoms with E-state index in [1.165, 1.54) is 0 Å². The second kappa shape index (κ2) is 12.5. The number of hydrogen-bond donors (Lipinski definition) is 3. The molecular formula is C23H34N4O4S. The Morgan fingerprint density at radius 1 is 1.06 bits per heavy atom. The molecule has 0 radical (unpaired) electrons. The van der Waals surface area contributed by atoms with Gasteiger partial charge in [-0.05, 0) is 30.7 Å². The summed E-state index contributed by atoms with van der Waals surface area (Å²) in [7, 11) is 0.452. The fourth-order valence-corrected chi connectivity index (χ4v) is 3.80. The van der Waals surface area contributed by atoms with E-state index in [2.05, 4.69) is 14.9 Å². The van der Waals surface area contributed by atoms with E-state index in [1.54, 1.807) is 11.9 Å². The van der Waals surface area contributed by atoms with Crippen molar-refractivity contribution < 1.29 is 18.3 Å². The molecule has 2 rings (SSSR count). The van der Waals surface area contributed by atoms with E-state index in [0.29, 0.717) is 18.7 Å². The average Bonchev–Trinajstić information content (AvgIpc) is 2.78. The van der Waals surface area contributed by atoms with Gasteiger partial charge in [0.25, 0.3) is 0 Å². The van der Waals surface area contributed by atoms with Crippen molar-refractivity contribution in [2.45, 2.75) is 19.0 Å². The number of aliphatic hydroxyl groups excluding tert-OH is 1. The predicted molar refractivity (Wildman–Crippen MR) is 128 cm³/mol. The minimum absolute atomic E-state index is 0.0794. The molecule has 0 spiro atoms. The van der Waals surface area contributed by atoms with Crippen LogP contribution >= 0.6 is 0 Å². The summed E-state index contributed by atoms with van der Waals surface area (Å²) < 4.78 is 25.3. The lowest BCUT2D eigenvalue weighted by Gasteiger charge is -2.32. The Morgan fingerprint density at radius 3 is 2.38 bits per heavy atom. The number of nitrogens with zero attached hydrogens (tertiary/aromatic N) is 2. The number of carbonyl (C=O) groups excluding carboxylic acids is 1. The summed E-state index contributed by atoms with van der Waals surface area (Å²) in [6.07, 6.45) is 1.79. The maximum absolute atomic E-state index is 13.0. The number of benzene rings is 2. The van der Waals surface area contributed by atoms with E-state index in [4.69, 9.17) is 5.11 Å². The lowest BCUT2D eigenvalue weighted by molar-refractivity contribution is -0.130. The average molecular weight is 463 g/mol. The van der Waals surface area contributed by atoms with Crippen molar-refractivity contribution in [3.8, 4) is 0 Å². The van der Waals surface area contributed by atoms with Crippen LogP contribution in [0.5, 0.6) is 0 Å². The molecule has 8 nitrogen and oxygen atoms in total. The molecular weight excluding hydrogens is 428 g/mol. The van der Waals surface area contributed by atoms with Crippen LogP contribution in [0.3, 0.4) is 0 Å². The highest BCUT2D eigenvalue weighted by Crippen LogP contribution is 2.21. The Labute approximate surface area is 191 Å². The van der Waals surface area contributed by atoms with Gasteiger partial charge in [0.05, 0.1) is 18.8 Å². The lowest BCUT2D eigenvalue weighted by Crippen LogP contribution is -2.41. The summed E-state index contributed by atoms with van der Waals surface area (Å²) >= 11 is 0. The van der Waals surface area contributed by atoms with Crippen molar-refractivity contribution in [3.63, 3.8) is 0 Å². The number of amides is 1. The number of rotatable bonds is 13. The first-order chi connectivity index (χ1) is 15.2. The van der Waals surface area contributed by atoms with E-state index in [1.807, 2.05) is 61.6 Å². The molecule has 176 valence electrons. The Balaban J connectivity index is 2.08. The van der Waals surface area contributed by atoms with Gasteiger partial charge >= 0.3 is 0 Å². The summed E-state index contributed by atoms with van der Waals surface area (Å²) in [5.41, 5.74) is 2.51. The number of anilines is 1. The molecule has 0 aliphatic rings. The van der Waals surface area contributed by atoms with Crippen molar-refractivity contribution in [1.82, 2.24) is 14.5 Å². The second-order valence-electron chi connectivity index (χ2n) is 7.87. The molecule has 1 unspecified atom stereocenters. The Kier molecular flexibility index (Phi) is 10.1. The summed E-state index contributed by atoms with van der Waals surface area (Å²) in [6.45, 7) is 1.74. The van der Waals surface area contributed by atoms with Gasteiger partial charge in [0, 0.05) is 39.0 Å². The minimum atomic E-state index is -3.32. The highest BCUT2D eigenvalue weighted by molar-refractivity contribution is 7.88. The molecule has 2 aromatic rings. The summed E-state index contributed by atoms with van der Waals surface area (Å²) in [6, 6.07) is 17.0. The molecule has 0 aromatic heterocycles. The van der Waals surface area contributed by atoms with Gasteiger partial charge in [-0.25, -0.2) is 13.1 Å². The van der Waals surface area contributed by atoms with Crippen LogP contribution in [0, 0.1) is 0 Å². The summed E-state index contributed by atoms with van der Waals surface area (Å²) in [5, 5.41) is 12.3. The molecule has 32 heavy (non-hydrogen) atoms. The quantitative estimate of drug-likeness (QED) is 0.419. The Bertz CT molecular complexity index is 953. The van der Waals surface area contributed by atoms with Crippen LogP contribution in [0.25, 0.3) is 0 Å². The van der Waals surface area contributed by atoms with Crippen LogP contribution < -0.4 is 10.0 Å². The molecule has 2 aromatic carbocycles. The molecule has 9 heteroatoms. The molecule has 0 fully saturated rings. The zero-order valence-electron chi connectivity index (χ0n) is 19.0. The van der Waals surface area contributed by atoms with Crippen LogP contribution in [0.4, 0.5) is 5.69 Å². The minimum Gasteiger partial charge on any atom is -0.396 e. The van der Waals surface area contributed by atoms with Crippen LogP contribution in [-0.4, -0.2) is 75.8 Å². The zero-order valence-corrected chi connectivity index (χ0v) is 19.8. The maximum Gasteiger partial charge on any atom is 0.242 e. The zero-order chi connectivity index (χ0) is 23.6. The van der Waals surface area contributed by atoms with Gasteiger partial charge in [-0.1, -0.05) is 48.5 Å². The van der Waals surface area contributed by atoms with Crippen molar-refractivity contribution in [2.24, 2.45) is 0 Å². The molecule has 0 aliphatic carbocycles. The van der Waals surface area contributed by atoms with Crippen LogP contribution in [0.15, 0.2) is 54.6 Å². The van der Waals surface area contributed by atoms with Crippen molar-refractivity contribution >= 4 is 21.6 Å². The van der Waals surface area contributed by atoms with Gasteiger partial charge in [-0.3, -0.25) is 4.79 Å². The number of para-hydroxylation sites is 1. The molecule has 0 saturated carbocycles. The molecule has 0 aliphatic heterocycles. The fraction of sp³-hybridized carbons (Fsp3) is 0.435. The largest absolute Gasteiger partial charge is 0.396 e. The SMILES string of the molecule is CN(CCCO)CC(c1ccccc1)N(C)C(=O)CNc1ccccc1CNS(C)(=O)=O. The molecule has 0 heterocycles. The third-order valence-electron chi connectivity index (χ3n) is 5.20. The fourth-order valence-electron chi connectivity index (χ4n) is 3.38. The van der Waals surface area contributed by atoms with Crippen molar-refractivity contribution in [3.05, 3.63) is 65.7 Å². The monoisotopic (exact) mass is 462 g/mol. The number of nitrogens with one attached hydrogen (secondary N) is 2. The maximum atomic E-state index is 13.0. The van der Waals surface area contributed by atoms with Gasteiger partial charge < -0.3 is 20.2 Å². The third kappa shape index (κ3) is 8.58. The molecule has 1 atom stereocenters. The highest BCUT2D eigenvalue weighted by atomic mass is 32.2. The van der Waals surface area contributed by atoms with Crippen molar-refractivity contribution in [1.29, 1.82) is 0 Å². The Morgan fingerprint density at radius 2 is 1.72 bits per heavy atom. The summed E-state index contributed by atoms with van der Waals surface area (Å²) in [5.74, 6) is -0.0831. The third-order valence-corrected chi connectivity index (χ3v) is 5.87. The predicted octanol–water partition coefficient (Wildman–Crippen LogP) is 1.66. The van der Waals surface area contributed by atoms with E-state index >= 15 is 0 Å². The van der Waals surface area contributed by atoms with Crippen LogP contribution in [0.1, 0.15) is 23.6 Å². The van der Waals surface area contributed by atoms with E-state index in [9.17, 15) is 13.2 Å². The number of carbonyl (C=O) groups is 1. The molecule has 3 N–H and O–H groups in total. The van der Waals surface area contributed by atoms with Crippen molar-refractivity contribution in [2.75, 3.05) is 51.9 Å². The first-order valence-corrected chi connectivity index (χ1v) is 12.5. The lowest BCUT2D eigenvalue weighted by atomic mass is 10.0. The first kappa shape index (κ1) is 25.8.